The molecular formula is C21H12Cl2N2O5. The molecule has 0 bridgehead atoms. The second-order valence-electron chi connectivity index (χ2n) is 6.33. The highest BCUT2D eigenvalue weighted by molar-refractivity contribution is 6.42. The number of aromatic carboxylic acids is 1. The van der Waals surface area contributed by atoms with Crippen LogP contribution in [-0.4, -0.2) is 22.9 Å². The minimum Gasteiger partial charge on any atom is -0.478 e. The number of carbonyl (C=O) groups excluding carboxylic acids is 2. The molecule has 9 heteroatoms. The highest BCUT2D eigenvalue weighted by atomic mass is 35.5. The second kappa shape index (κ2) is 7.70. The SMILES string of the molecule is O=C1NN(c2ccc(Cl)c(Cl)c2)C(=O)/C1=C\c1ccc(-c2cccc(C(=O)O)c2)o1. The molecule has 7 nitrogen and oxygen atoms in total. The fraction of sp³-hybridized carbons (Fsp3) is 0. The molecule has 1 aromatic heterocycles. The van der Waals surface area contributed by atoms with Gasteiger partial charge in [0.25, 0.3) is 11.8 Å². The molecule has 1 aliphatic heterocycles. The molecule has 0 atom stereocenters. The first-order chi connectivity index (χ1) is 14.3. The molecule has 2 amide bonds. The van der Waals surface area contributed by atoms with Crippen LogP contribution in [0.3, 0.4) is 0 Å². The average molecular weight is 443 g/mol. The molecular weight excluding hydrogens is 431 g/mol. The molecule has 0 saturated carbocycles. The monoisotopic (exact) mass is 442 g/mol. The van der Waals surface area contributed by atoms with Crippen LogP contribution in [0.2, 0.25) is 10.0 Å². The number of carboxylic acids is 1. The highest BCUT2D eigenvalue weighted by Gasteiger charge is 2.35. The largest absolute Gasteiger partial charge is 0.478 e. The van der Waals surface area contributed by atoms with E-state index in [4.69, 9.17) is 32.7 Å². The maximum absolute atomic E-state index is 12.7. The lowest BCUT2D eigenvalue weighted by molar-refractivity contribution is -0.117. The van der Waals surface area contributed by atoms with Gasteiger partial charge in [0.15, 0.2) is 0 Å². The number of amides is 2. The number of hydrogen-bond donors (Lipinski definition) is 2. The summed E-state index contributed by atoms with van der Waals surface area (Å²) >= 11 is 11.9. The number of nitrogens with zero attached hydrogens (tertiary/aromatic N) is 1. The van der Waals surface area contributed by atoms with Crippen molar-refractivity contribution in [3.05, 3.63) is 81.5 Å². The third kappa shape index (κ3) is 3.68. The zero-order valence-corrected chi connectivity index (χ0v) is 16.6. The predicted molar refractivity (Wildman–Crippen MR) is 111 cm³/mol. The minimum atomic E-state index is -1.05. The summed E-state index contributed by atoms with van der Waals surface area (Å²) in [6.07, 6.45) is 1.32. The van der Waals surface area contributed by atoms with E-state index in [0.717, 1.165) is 5.01 Å². The van der Waals surface area contributed by atoms with Crippen molar-refractivity contribution in [3.63, 3.8) is 0 Å². The van der Waals surface area contributed by atoms with Gasteiger partial charge >= 0.3 is 5.97 Å². The van der Waals surface area contributed by atoms with E-state index in [1.165, 1.54) is 30.3 Å². The van der Waals surface area contributed by atoms with Crippen molar-refractivity contribution in [1.29, 1.82) is 0 Å². The van der Waals surface area contributed by atoms with Crippen molar-refractivity contribution in [1.82, 2.24) is 5.43 Å². The number of hydrogen-bond acceptors (Lipinski definition) is 4. The number of anilines is 1. The zero-order valence-electron chi connectivity index (χ0n) is 15.1. The lowest BCUT2D eigenvalue weighted by Crippen LogP contribution is -2.35. The van der Waals surface area contributed by atoms with E-state index in [-0.39, 0.29) is 21.9 Å². The van der Waals surface area contributed by atoms with E-state index in [1.807, 2.05) is 0 Å². The molecule has 30 heavy (non-hydrogen) atoms. The van der Waals surface area contributed by atoms with Crippen LogP contribution in [0.5, 0.6) is 0 Å². The Hall–Kier alpha value is -3.55. The number of benzene rings is 2. The van der Waals surface area contributed by atoms with Crippen molar-refractivity contribution in [3.8, 4) is 11.3 Å². The van der Waals surface area contributed by atoms with Crippen LogP contribution >= 0.6 is 23.2 Å². The molecule has 0 aliphatic carbocycles. The molecule has 2 heterocycles. The Labute approximate surface area is 180 Å². The maximum atomic E-state index is 12.7. The number of hydrazine groups is 1. The number of carbonyl (C=O) groups is 3. The molecule has 2 N–H and O–H groups in total. The van der Waals surface area contributed by atoms with Crippen molar-refractivity contribution < 1.29 is 23.9 Å². The summed E-state index contributed by atoms with van der Waals surface area (Å²) in [6, 6.07) is 14.0. The summed E-state index contributed by atoms with van der Waals surface area (Å²) in [4.78, 5) is 36.2. The molecule has 1 fully saturated rings. The normalized spacial score (nSPS) is 15.0. The summed E-state index contributed by atoms with van der Waals surface area (Å²) in [5.41, 5.74) is 3.37. The van der Waals surface area contributed by atoms with Gasteiger partial charge in [-0.15, -0.1) is 0 Å². The van der Waals surface area contributed by atoms with E-state index >= 15 is 0 Å². The summed E-state index contributed by atoms with van der Waals surface area (Å²) in [5.74, 6) is -1.57. The summed E-state index contributed by atoms with van der Waals surface area (Å²) in [6.45, 7) is 0. The van der Waals surface area contributed by atoms with Crippen LogP contribution in [0.1, 0.15) is 16.1 Å². The number of carboxylic acid groups (broad SMARTS) is 1. The van der Waals surface area contributed by atoms with Gasteiger partial charge in [-0.3, -0.25) is 15.0 Å². The van der Waals surface area contributed by atoms with Crippen molar-refractivity contribution in [2.45, 2.75) is 0 Å². The van der Waals surface area contributed by atoms with Gasteiger partial charge in [0.1, 0.15) is 17.1 Å². The first kappa shape index (κ1) is 19.8. The topological polar surface area (TPSA) is 99.9 Å². The Morgan fingerprint density at radius 2 is 1.83 bits per heavy atom. The van der Waals surface area contributed by atoms with Crippen molar-refractivity contribution in [2.24, 2.45) is 0 Å². The van der Waals surface area contributed by atoms with Gasteiger partial charge in [-0.2, -0.15) is 0 Å². The molecule has 4 rings (SSSR count). The van der Waals surface area contributed by atoms with E-state index in [1.54, 1.807) is 30.3 Å². The van der Waals surface area contributed by atoms with Gasteiger partial charge in [-0.05, 0) is 48.5 Å². The number of nitrogens with one attached hydrogen (secondary N) is 1. The Bertz CT molecular complexity index is 1230. The standard InChI is InChI=1S/C21H12Cl2N2O5/c22-16-6-4-13(9-17(16)23)25-20(27)15(19(26)24-25)10-14-5-7-18(30-14)11-2-1-3-12(8-11)21(28)29/h1-10H,(H,24,26)(H,28,29)/b15-10-. The molecule has 150 valence electrons. The molecule has 3 aromatic rings. The van der Waals surface area contributed by atoms with Gasteiger partial charge in [-0.25, -0.2) is 9.80 Å². The van der Waals surface area contributed by atoms with Crippen LogP contribution in [0.25, 0.3) is 17.4 Å². The predicted octanol–water partition coefficient (Wildman–Crippen LogP) is 4.41. The molecule has 0 unspecified atom stereocenters. The number of rotatable bonds is 4. The first-order valence-corrected chi connectivity index (χ1v) is 9.35. The van der Waals surface area contributed by atoms with E-state index in [2.05, 4.69) is 5.43 Å². The van der Waals surface area contributed by atoms with E-state index < -0.39 is 17.8 Å². The lowest BCUT2D eigenvalue weighted by atomic mass is 10.1. The lowest BCUT2D eigenvalue weighted by Gasteiger charge is -2.15. The molecule has 0 spiro atoms. The van der Waals surface area contributed by atoms with Crippen LogP contribution in [0, 0.1) is 0 Å². The summed E-state index contributed by atoms with van der Waals surface area (Å²) in [7, 11) is 0. The fourth-order valence-electron chi connectivity index (χ4n) is 2.90. The van der Waals surface area contributed by atoms with Crippen LogP contribution in [0.4, 0.5) is 5.69 Å². The third-order valence-corrected chi connectivity index (χ3v) is 5.10. The van der Waals surface area contributed by atoms with Crippen molar-refractivity contribution in [2.75, 3.05) is 5.01 Å². The van der Waals surface area contributed by atoms with Gasteiger partial charge in [0.05, 0.1) is 21.3 Å². The van der Waals surface area contributed by atoms with Gasteiger partial charge in [0.2, 0.25) is 0 Å². The van der Waals surface area contributed by atoms with Crippen LogP contribution in [0.15, 0.2) is 64.6 Å². The molecule has 2 aromatic carbocycles. The molecule has 1 aliphatic rings. The Morgan fingerprint density at radius 3 is 2.57 bits per heavy atom. The maximum Gasteiger partial charge on any atom is 0.335 e. The van der Waals surface area contributed by atoms with Gasteiger partial charge in [-0.1, -0.05) is 35.3 Å². The first-order valence-electron chi connectivity index (χ1n) is 8.59. The van der Waals surface area contributed by atoms with Gasteiger partial charge < -0.3 is 9.52 Å². The fourth-order valence-corrected chi connectivity index (χ4v) is 3.19. The second-order valence-corrected chi connectivity index (χ2v) is 7.14. The highest BCUT2D eigenvalue weighted by Crippen LogP contribution is 2.30. The minimum absolute atomic E-state index is 0.117. The zero-order chi connectivity index (χ0) is 21.4. The third-order valence-electron chi connectivity index (χ3n) is 4.36. The summed E-state index contributed by atoms with van der Waals surface area (Å²) in [5, 5.41) is 10.8. The van der Waals surface area contributed by atoms with Crippen LogP contribution < -0.4 is 10.4 Å². The van der Waals surface area contributed by atoms with Crippen molar-refractivity contribution >= 4 is 52.7 Å². The Morgan fingerprint density at radius 1 is 1.03 bits per heavy atom. The average Bonchev–Trinajstić information content (AvgIpc) is 3.30. The van der Waals surface area contributed by atoms with E-state index in [9.17, 15) is 14.4 Å². The quantitative estimate of drug-likeness (QED) is 0.460. The number of furan rings is 1. The van der Waals surface area contributed by atoms with Crippen LogP contribution in [-0.2, 0) is 9.59 Å². The molecule has 1 saturated heterocycles. The Kier molecular flexibility index (Phi) is 5.07. The number of halogens is 2. The van der Waals surface area contributed by atoms with E-state index in [0.29, 0.717) is 22.0 Å². The Balaban J connectivity index is 1.62. The smallest absolute Gasteiger partial charge is 0.335 e. The molecule has 0 radical (unpaired) electrons. The van der Waals surface area contributed by atoms with Gasteiger partial charge in [0, 0.05) is 5.56 Å². The summed E-state index contributed by atoms with van der Waals surface area (Å²) < 4.78 is 5.68.